The smallest absolute Gasteiger partial charge is 0.335 e. The molecule has 1 amide bonds. The monoisotopic (exact) mass is 263 g/mol. The van der Waals surface area contributed by atoms with Gasteiger partial charge in [0.05, 0.1) is 23.5 Å². The van der Waals surface area contributed by atoms with Crippen molar-refractivity contribution in [3.63, 3.8) is 0 Å². The highest BCUT2D eigenvalue weighted by Gasteiger charge is 2.11. The van der Waals surface area contributed by atoms with E-state index in [9.17, 15) is 9.59 Å². The Labute approximate surface area is 107 Å². The molecule has 6 nitrogen and oxygen atoms in total. The van der Waals surface area contributed by atoms with E-state index in [1.807, 2.05) is 0 Å². The second-order valence-electron chi connectivity index (χ2n) is 3.58. The quantitative estimate of drug-likeness (QED) is 0.880. The van der Waals surface area contributed by atoms with Gasteiger partial charge in [-0.1, -0.05) is 0 Å². The fourth-order valence-corrected chi connectivity index (χ4v) is 1.85. The molecule has 0 bridgehead atoms. The van der Waals surface area contributed by atoms with Gasteiger partial charge in [0, 0.05) is 5.69 Å². The number of hydrogen-bond donors (Lipinski definition) is 2. The van der Waals surface area contributed by atoms with Crippen molar-refractivity contribution >= 4 is 29.3 Å². The summed E-state index contributed by atoms with van der Waals surface area (Å²) in [7, 11) is 0. The molecule has 2 rings (SSSR count). The average molecular weight is 263 g/mol. The van der Waals surface area contributed by atoms with Crippen LogP contribution in [0.3, 0.4) is 0 Å². The zero-order valence-corrected chi connectivity index (χ0v) is 10.2. The largest absolute Gasteiger partial charge is 0.478 e. The first-order valence-electron chi connectivity index (χ1n) is 5.01. The van der Waals surface area contributed by atoms with Crippen molar-refractivity contribution in [2.24, 2.45) is 0 Å². The molecule has 1 heterocycles. The van der Waals surface area contributed by atoms with E-state index < -0.39 is 5.97 Å². The number of carboxylic acids is 1. The van der Waals surface area contributed by atoms with E-state index in [1.54, 1.807) is 13.0 Å². The fourth-order valence-electron chi connectivity index (χ4n) is 1.44. The van der Waals surface area contributed by atoms with Gasteiger partial charge >= 0.3 is 5.97 Å². The Kier molecular flexibility index (Phi) is 3.33. The number of aryl methyl sites for hydroxylation is 1. The van der Waals surface area contributed by atoms with Crippen LogP contribution in [0, 0.1) is 6.92 Å². The van der Waals surface area contributed by atoms with Crippen molar-refractivity contribution in [2.75, 3.05) is 5.32 Å². The van der Waals surface area contributed by atoms with E-state index in [2.05, 4.69) is 14.1 Å². The number of carbonyl (C=O) groups excluding carboxylic acids is 1. The van der Waals surface area contributed by atoms with Crippen LogP contribution in [-0.4, -0.2) is 25.7 Å². The van der Waals surface area contributed by atoms with Gasteiger partial charge in [-0.15, -0.1) is 0 Å². The maximum Gasteiger partial charge on any atom is 0.335 e. The lowest BCUT2D eigenvalue weighted by Gasteiger charge is -2.06. The van der Waals surface area contributed by atoms with Gasteiger partial charge in [-0.3, -0.25) is 4.79 Å². The maximum atomic E-state index is 11.7. The lowest BCUT2D eigenvalue weighted by Crippen LogP contribution is -2.12. The zero-order chi connectivity index (χ0) is 13.1. The van der Waals surface area contributed by atoms with Gasteiger partial charge < -0.3 is 10.4 Å². The number of benzene rings is 1. The van der Waals surface area contributed by atoms with Crippen LogP contribution in [0.1, 0.15) is 26.4 Å². The van der Waals surface area contributed by atoms with E-state index in [-0.39, 0.29) is 17.2 Å². The summed E-state index contributed by atoms with van der Waals surface area (Å²) in [6.07, 6.45) is 1.37. The number of hydrogen-bond acceptors (Lipinski definition) is 5. The van der Waals surface area contributed by atoms with Crippen LogP contribution in [0.25, 0.3) is 0 Å². The Hall–Kier alpha value is -2.28. The van der Waals surface area contributed by atoms with Crippen LogP contribution in [0.15, 0.2) is 24.4 Å². The van der Waals surface area contributed by atoms with Gasteiger partial charge in [0.15, 0.2) is 5.69 Å². The molecule has 2 N–H and O–H groups in total. The second-order valence-corrected chi connectivity index (χ2v) is 4.14. The number of carboxylic acid groups (broad SMARTS) is 1. The molecule has 0 aliphatic heterocycles. The van der Waals surface area contributed by atoms with Crippen molar-refractivity contribution in [1.29, 1.82) is 0 Å². The molecule has 7 heteroatoms. The number of carbonyl (C=O) groups is 2. The van der Waals surface area contributed by atoms with Crippen molar-refractivity contribution in [1.82, 2.24) is 8.75 Å². The molecule has 0 aliphatic rings. The fraction of sp³-hybridized carbons (Fsp3) is 0.0909. The van der Waals surface area contributed by atoms with Gasteiger partial charge in [-0.25, -0.2) is 4.79 Å². The first-order valence-corrected chi connectivity index (χ1v) is 5.74. The van der Waals surface area contributed by atoms with Gasteiger partial charge in [-0.2, -0.15) is 8.75 Å². The van der Waals surface area contributed by atoms with E-state index in [0.29, 0.717) is 11.3 Å². The summed E-state index contributed by atoms with van der Waals surface area (Å²) in [5.74, 6) is -1.36. The summed E-state index contributed by atoms with van der Waals surface area (Å²) < 4.78 is 7.54. The topological polar surface area (TPSA) is 92.2 Å². The van der Waals surface area contributed by atoms with Crippen LogP contribution in [0.4, 0.5) is 5.69 Å². The minimum atomic E-state index is -0.992. The average Bonchev–Trinajstić information content (AvgIpc) is 2.81. The van der Waals surface area contributed by atoms with Crippen molar-refractivity contribution < 1.29 is 14.7 Å². The standard InChI is InChI=1S/C11H9N3O3S/c1-6-4-7(2-3-8(6)11(16)17)13-10(15)9-5-12-18-14-9/h2-5H,1H3,(H,13,15)(H,16,17). The molecule has 0 atom stereocenters. The Balaban J connectivity index is 2.18. The molecule has 2 aromatic rings. The van der Waals surface area contributed by atoms with Gasteiger partial charge in [0.1, 0.15) is 0 Å². The molecule has 1 aromatic heterocycles. The Morgan fingerprint density at radius 2 is 2.17 bits per heavy atom. The first-order chi connectivity index (χ1) is 8.58. The number of amides is 1. The lowest BCUT2D eigenvalue weighted by atomic mass is 10.1. The van der Waals surface area contributed by atoms with E-state index in [0.717, 1.165) is 11.7 Å². The molecule has 0 unspecified atom stereocenters. The summed E-state index contributed by atoms with van der Waals surface area (Å²) >= 11 is 0.949. The van der Waals surface area contributed by atoms with Crippen LogP contribution in [-0.2, 0) is 0 Å². The summed E-state index contributed by atoms with van der Waals surface area (Å²) in [6.45, 7) is 1.67. The number of rotatable bonds is 3. The SMILES string of the molecule is Cc1cc(NC(=O)c2cnsn2)ccc1C(=O)O. The van der Waals surface area contributed by atoms with Crippen LogP contribution in [0.2, 0.25) is 0 Å². The predicted molar refractivity (Wildman–Crippen MR) is 66.0 cm³/mol. The number of aromatic nitrogens is 2. The molecule has 0 radical (unpaired) electrons. The first kappa shape index (κ1) is 12.2. The summed E-state index contributed by atoms with van der Waals surface area (Å²) in [4.78, 5) is 22.5. The molecule has 92 valence electrons. The highest BCUT2D eigenvalue weighted by atomic mass is 32.1. The third-order valence-electron chi connectivity index (χ3n) is 2.31. The second kappa shape index (κ2) is 4.92. The number of nitrogens with one attached hydrogen (secondary N) is 1. The zero-order valence-electron chi connectivity index (χ0n) is 9.38. The molecule has 1 aromatic carbocycles. The molecule has 0 saturated carbocycles. The van der Waals surface area contributed by atoms with Crippen molar-refractivity contribution in [2.45, 2.75) is 6.92 Å². The number of anilines is 1. The van der Waals surface area contributed by atoms with Gasteiger partial charge in [-0.05, 0) is 30.7 Å². The minimum absolute atomic E-state index is 0.211. The molecule has 0 fully saturated rings. The van der Waals surface area contributed by atoms with Crippen molar-refractivity contribution in [3.05, 3.63) is 41.2 Å². The Morgan fingerprint density at radius 3 is 2.72 bits per heavy atom. The lowest BCUT2D eigenvalue weighted by molar-refractivity contribution is 0.0696. The number of aromatic carboxylic acids is 1. The maximum absolute atomic E-state index is 11.7. The van der Waals surface area contributed by atoms with E-state index >= 15 is 0 Å². The molecule has 0 saturated heterocycles. The van der Waals surface area contributed by atoms with Crippen LogP contribution < -0.4 is 5.32 Å². The highest BCUT2D eigenvalue weighted by Crippen LogP contribution is 2.16. The van der Waals surface area contributed by atoms with Crippen molar-refractivity contribution in [3.8, 4) is 0 Å². The van der Waals surface area contributed by atoms with E-state index in [4.69, 9.17) is 5.11 Å². The summed E-state index contributed by atoms with van der Waals surface area (Å²) in [6, 6.07) is 4.59. The third-order valence-corrected chi connectivity index (χ3v) is 2.79. The van der Waals surface area contributed by atoms with Crippen LogP contribution >= 0.6 is 11.7 Å². The molecular formula is C11H9N3O3S. The van der Waals surface area contributed by atoms with E-state index in [1.165, 1.54) is 18.3 Å². The summed E-state index contributed by atoms with van der Waals surface area (Å²) in [5, 5.41) is 11.5. The molecular weight excluding hydrogens is 254 g/mol. The normalized spacial score (nSPS) is 10.1. The summed E-state index contributed by atoms with van der Waals surface area (Å²) in [5.41, 5.74) is 1.55. The van der Waals surface area contributed by atoms with Gasteiger partial charge in [0.25, 0.3) is 5.91 Å². The van der Waals surface area contributed by atoms with Gasteiger partial charge in [0.2, 0.25) is 0 Å². The molecule has 0 aliphatic carbocycles. The predicted octanol–water partition coefficient (Wildman–Crippen LogP) is 1.80. The minimum Gasteiger partial charge on any atom is -0.478 e. The highest BCUT2D eigenvalue weighted by molar-refractivity contribution is 6.99. The van der Waals surface area contributed by atoms with Crippen LogP contribution in [0.5, 0.6) is 0 Å². The molecule has 18 heavy (non-hydrogen) atoms. The Morgan fingerprint density at radius 1 is 1.39 bits per heavy atom. The third kappa shape index (κ3) is 2.51. The number of nitrogens with zero attached hydrogens (tertiary/aromatic N) is 2. The molecule has 0 spiro atoms. The Bertz CT molecular complexity index is 596.